The zero-order valence-electron chi connectivity index (χ0n) is 9.16. The van der Waals surface area contributed by atoms with E-state index in [1.165, 1.54) is 0 Å². The van der Waals surface area contributed by atoms with Crippen LogP contribution in [0.1, 0.15) is 12.8 Å². The topological polar surface area (TPSA) is 155 Å². The SMILES string of the molecule is NC(=O)CC[C@@H](NS(=O)(=O)c1cn[nH]c1)C(=O)O. The lowest BCUT2D eigenvalue weighted by atomic mass is 10.2. The number of carboxylic acids is 1. The van der Waals surface area contributed by atoms with Crippen LogP contribution in [0.25, 0.3) is 0 Å². The van der Waals surface area contributed by atoms with Crippen molar-refractivity contribution >= 4 is 21.9 Å². The zero-order chi connectivity index (χ0) is 13.8. The van der Waals surface area contributed by atoms with Crippen LogP contribution in [0.5, 0.6) is 0 Å². The predicted molar refractivity (Wildman–Crippen MR) is 58.8 cm³/mol. The van der Waals surface area contributed by atoms with Gasteiger partial charge in [0.25, 0.3) is 0 Å². The summed E-state index contributed by atoms with van der Waals surface area (Å²) in [6.07, 6.45) is 1.69. The van der Waals surface area contributed by atoms with E-state index in [1.54, 1.807) is 0 Å². The lowest BCUT2D eigenvalue weighted by Gasteiger charge is -2.12. The van der Waals surface area contributed by atoms with Crippen molar-refractivity contribution in [2.45, 2.75) is 23.8 Å². The molecular formula is C8H12N4O5S. The monoisotopic (exact) mass is 276 g/mol. The molecule has 0 bridgehead atoms. The van der Waals surface area contributed by atoms with E-state index >= 15 is 0 Å². The Morgan fingerprint density at radius 3 is 2.67 bits per heavy atom. The first kappa shape index (κ1) is 14.1. The molecule has 1 aromatic heterocycles. The van der Waals surface area contributed by atoms with Crippen molar-refractivity contribution in [3.8, 4) is 0 Å². The van der Waals surface area contributed by atoms with Crippen molar-refractivity contribution in [2.24, 2.45) is 5.73 Å². The summed E-state index contributed by atoms with van der Waals surface area (Å²) >= 11 is 0. The van der Waals surface area contributed by atoms with Gasteiger partial charge in [0.05, 0.1) is 6.20 Å². The number of carbonyl (C=O) groups excluding carboxylic acids is 1. The van der Waals surface area contributed by atoms with Crippen molar-refractivity contribution in [3.63, 3.8) is 0 Å². The van der Waals surface area contributed by atoms with E-state index in [2.05, 4.69) is 10.2 Å². The number of primary amides is 1. The Morgan fingerprint density at radius 1 is 1.56 bits per heavy atom. The molecule has 0 aromatic carbocycles. The van der Waals surface area contributed by atoms with Gasteiger partial charge in [-0.3, -0.25) is 14.7 Å². The Labute approximate surface area is 102 Å². The molecule has 1 heterocycles. The molecule has 10 heteroatoms. The highest BCUT2D eigenvalue weighted by Gasteiger charge is 2.26. The highest BCUT2D eigenvalue weighted by molar-refractivity contribution is 7.89. The summed E-state index contributed by atoms with van der Waals surface area (Å²) < 4.78 is 25.4. The van der Waals surface area contributed by atoms with E-state index in [1.807, 2.05) is 4.72 Å². The average molecular weight is 276 g/mol. The van der Waals surface area contributed by atoms with E-state index in [0.29, 0.717) is 0 Å². The minimum absolute atomic E-state index is 0.187. The third kappa shape index (κ3) is 3.82. The summed E-state index contributed by atoms with van der Waals surface area (Å²) in [6, 6.07) is -1.42. The Morgan fingerprint density at radius 2 is 2.22 bits per heavy atom. The highest BCUT2D eigenvalue weighted by Crippen LogP contribution is 2.08. The molecule has 1 atom stereocenters. The molecule has 5 N–H and O–H groups in total. The molecule has 100 valence electrons. The third-order valence-corrected chi connectivity index (χ3v) is 3.50. The Hall–Kier alpha value is -1.94. The number of sulfonamides is 1. The molecule has 1 amide bonds. The maximum absolute atomic E-state index is 11.7. The number of nitrogens with zero attached hydrogens (tertiary/aromatic N) is 1. The quantitative estimate of drug-likeness (QED) is 0.470. The Balaban J connectivity index is 2.78. The second-order valence-corrected chi connectivity index (χ2v) is 5.17. The molecule has 0 saturated heterocycles. The number of H-pyrrole nitrogens is 1. The van der Waals surface area contributed by atoms with E-state index in [4.69, 9.17) is 10.8 Å². The molecule has 0 aliphatic rings. The van der Waals surface area contributed by atoms with Crippen LogP contribution in [-0.4, -0.2) is 41.6 Å². The molecule has 9 nitrogen and oxygen atoms in total. The van der Waals surface area contributed by atoms with Gasteiger partial charge in [0.15, 0.2) is 0 Å². The molecule has 1 rings (SSSR count). The maximum atomic E-state index is 11.7. The van der Waals surface area contributed by atoms with Gasteiger partial charge in [0.1, 0.15) is 10.9 Å². The number of amides is 1. The number of carboxylic acid groups (broad SMARTS) is 1. The van der Waals surface area contributed by atoms with Crippen LogP contribution in [0.4, 0.5) is 0 Å². The van der Waals surface area contributed by atoms with Crippen LogP contribution in [-0.2, 0) is 19.6 Å². The molecular weight excluding hydrogens is 264 g/mol. The van der Waals surface area contributed by atoms with E-state index < -0.39 is 27.9 Å². The van der Waals surface area contributed by atoms with Crippen molar-refractivity contribution in [1.29, 1.82) is 0 Å². The second-order valence-electron chi connectivity index (χ2n) is 3.45. The van der Waals surface area contributed by atoms with Crippen LogP contribution >= 0.6 is 0 Å². The fraction of sp³-hybridized carbons (Fsp3) is 0.375. The molecule has 0 aliphatic carbocycles. The average Bonchev–Trinajstić information content (AvgIpc) is 2.77. The largest absolute Gasteiger partial charge is 0.480 e. The van der Waals surface area contributed by atoms with Crippen LogP contribution in [0.15, 0.2) is 17.3 Å². The predicted octanol–water partition coefficient (Wildman–Crippen LogP) is -1.59. The molecule has 18 heavy (non-hydrogen) atoms. The number of carbonyl (C=O) groups is 2. The summed E-state index contributed by atoms with van der Waals surface area (Å²) in [5.74, 6) is -2.09. The standard InChI is InChI=1S/C8H12N4O5S/c9-7(13)2-1-6(8(14)15)12-18(16,17)5-3-10-11-4-5/h3-4,6,12H,1-2H2,(H2,9,13)(H,10,11)(H,14,15)/t6-/m1/s1. The van der Waals surface area contributed by atoms with Crippen molar-refractivity contribution in [2.75, 3.05) is 0 Å². The van der Waals surface area contributed by atoms with Crippen LogP contribution in [0.3, 0.4) is 0 Å². The van der Waals surface area contributed by atoms with Gasteiger partial charge in [-0.25, -0.2) is 8.42 Å². The summed E-state index contributed by atoms with van der Waals surface area (Å²) in [6.45, 7) is 0. The maximum Gasteiger partial charge on any atom is 0.321 e. The summed E-state index contributed by atoms with van der Waals surface area (Å²) in [4.78, 5) is 21.2. The molecule has 0 spiro atoms. The van der Waals surface area contributed by atoms with E-state index in [-0.39, 0.29) is 17.7 Å². The number of rotatable bonds is 7. The first-order valence-electron chi connectivity index (χ1n) is 4.85. The Kier molecular flexibility index (Phi) is 4.39. The molecule has 0 radical (unpaired) electrons. The second kappa shape index (κ2) is 5.60. The number of aromatic nitrogens is 2. The number of hydrogen-bond acceptors (Lipinski definition) is 5. The van der Waals surface area contributed by atoms with E-state index in [9.17, 15) is 18.0 Å². The van der Waals surface area contributed by atoms with Crippen molar-refractivity contribution < 1.29 is 23.1 Å². The van der Waals surface area contributed by atoms with Gasteiger partial charge in [0.2, 0.25) is 15.9 Å². The highest BCUT2D eigenvalue weighted by atomic mass is 32.2. The normalized spacial score (nSPS) is 13.1. The van der Waals surface area contributed by atoms with Gasteiger partial charge in [0, 0.05) is 12.6 Å². The van der Waals surface area contributed by atoms with Gasteiger partial charge in [-0.15, -0.1) is 0 Å². The van der Waals surface area contributed by atoms with Crippen molar-refractivity contribution in [1.82, 2.24) is 14.9 Å². The van der Waals surface area contributed by atoms with Crippen molar-refractivity contribution in [3.05, 3.63) is 12.4 Å². The van der Waals surface area contributed by atoms with Gasteiger partial charge in [-0.2, -0.15) is 9.82 Å². The number of nitrogens with two attached hydrogens (primary N) is 1. The van der Waals surface area contributed by atoms with Gasteiger partial charge >= 0.3 is 5.97 Å². The fourth-order valence-corrected chi connectivity index (χ4v) is 2.29. The third-order valence-electron chi connectivity index (χ3n) is 2.06. The summed E-state index contributed by atoms with van der Waals surface area (Å²) in [7, 11) is -3.99. The first-order valence-corrected chi connectivity index (χ1v) is 6.33. The molecule has 0 unspecified atom stereocenters. The Bertz CT molecular complexity index is 524. The molecule has 0 aliphatic heterocycles. The van der Waals surface area contributed by atoms with Crippen LogP contribution < -0.4 is 10.5 Å². The molecule has 0 saturated carbocycles. The molecule has 1 aromatic rings. The number of hydrogen-bond donors (Lipinski definition) is 4. The smallest absolute Gasteiger partial charge is 0.321 e. The zero-order valence-corrected chi connectivity index (χ0v) is 9.98. The number of aliphatic carboxylic acids is 1. The number of nitrogens with one attached hydrogen (secondary N) is 2. The van der Waals surface area contributed by atoms with Crippen LogP contribution in [0, 0.1) is 0 Å². The molecule has 0 fully saturated rings. The summed E-state index contributed by atoms with van der Waals surface area (Å²) in [5, 5.41) is 14.6. The van der Waals surface area contributed by atoms with Gasteiger partial charge in [-0.05, 0) is 6.42 Å². The minimum atomic E-state index is -3.99. The summed E-state index contributed by atoms with van der Waals surface area (Å²) in [5.41, 5.74) is 4.88. The lowest BCUT2D eigenvalue weighted by molar-refractivity contribution is -0.139. The minimum Gasteiger partial charge on any atom is -0.480 e. The van der Waals surface area contributed by atoms with Gasteiger partial charge in [-0.1, -0.05) is 0 Å². The fourth-order valence-electron chi connectivity index (χ4n) is 1.16. The lowest BCUT2D eigenvalue weighted by Crippen LogP contribution is -2.41. The first-order chi connectivity index (χ1) is 8.33. The van der Waals surface area contributed by atoms with Gasteiger partial charge < -0.3 is 10.8 Å². The number of aromatic amines is 1. The van der Waals surface area contributed by atoms with E-state index in [0.717, 1.165) is 12.4 Å². The van der Waals surface area contributed by atoms with Crippen LogP contribution in [0.2, 0.25) is 0 Å².